The summed E-state index contributed by atoms with van der Waals surface area (Å²) in [6.45, 7) is 2.15. The van der Waals surface area contributed by atoms with E-state index in [2.05, 4.69) is 0 Å². The van der Waals surface area contributed by atoms with Crippen LogP contribution >= 0.6 is 11.6 Å². The Balaban J connectivity index is 1.69. The molecule has 0 spiro atoms. The second-order valence-electron chi connectivity index (χ2n) is 8.37. The number of amides is 1. The van der Waals surface area contributed by atoms with Crippen LogP contribution in [0.4, 0.5) is 0 Å². The van der Waals surface area contributed by atoms with E-state index >= 15 is 0 Å². The summed E-state index contributed by atoms with van der Waals surface area (Å²) in [5.41, 5.74) is 0.127. The molecule has 1 amide bonds. The highest BCUT2D eigenvalue weighted by molar-refractivity contribution is 7.91. The molecule has 1 aliphatic carbocycles. The molecule has 1 heterocycles. The van der Waals surface area contributed by atoms with Crippen LogP contribution in [0.2, 0.25) is 5.02 Å². The minimum atomic E-state index is -3.11. The molecule has 166 valence electrons. The average Bonchev–Trinajstić information content (AvgIpc) is 3.34. The van der Waals surface area contributed by atoms with Crippen molar-refractivity contribution >= 4 is 33.3 Å². The molecule has 1 saturated heterocycles. The highest BCUT2D eigenvalue weighted by Crippen LogP contribution is 2.42. The van der Waals surface area contributed by atoms with Crippen LogP contribution in [0.25, 0.3) is 0 Å². The minimum Gasteiger partial charge on any atom is -0.455 e. The molecule has 30 heavy (non-hydrogen) atoms. The Morgan fingerprint density at radius 2 is 1.87 bits per heavy atom. The number of carbonyl (C=O) groups excluding carboxylic acids is 2. The Labute approximate surface area is 183 Å². The minimum absolute atomic E-state index is 0.00882. The fraction of sp³-hybridized carbons (Fsp3) is 0.636. The number of sulfone groups is 1. The third-order valence-electron chi connectivity index (χ3n) is 6.29. The maximum absolute atomic E-state index is 13.1. The quantitative estimate of drug-likeness (QED) is 0.560. The number of esters is 1. The molecule has 1 atom stereocenters. The van der Waals surface area contributed by atoms with Crippen molar-refractivity contribution in [2.24, 2.45) is 0 Å². The van der Waals surface area contributed by atoms with Crippen molar-refractivity contribution in [3.05, 3.63) is 34.9 Å². The molecule has 2 aliphatic rings. The van der Waals surface area contributed by atoms with E-state index in [9.17, 15) is 18.0 Å². The number of ether oxygens (including phenoxy) is 1. The predicted molar refractivity (Wildman–Crippen MR) is 116 cm³/mol. The van der Waals surface area contributed by atoms with Crippen LogP contribution in [0.3, 0.4) is 0 Å². The molecule has 1 aliphatic heterocycles. The lowest BCUT2D eigenvalue weighted by Gasteiger charge is -2.30. The van der Waals surface area contributed by atoms with Gasteiger partial charge in [0.25, 0.3) is 5.91 Å². The van der Waals surface area contributed by atoms with Gasteiger partial charge in [-0.3, -0.25) is 9.59 Å². The van der Waals surface area contributed by atoms with Crippen LogP contribution in [0.1, 0.15) is 57.4 Å². The number of nitrogens with zero attached hydrogens (tertiary/aromatic N) is 1. The Kier molecular flexibility index (Phi) is 7.45. The number of hydrogen-bond donors (Lipinski definition) is 0. The summed E-state index contributed by atoms with van der Waals surface area (Å²) in [4.78, 5) is 27.6. The summed E-state index contributed by atoms with van der Waals surface area (Å²) in [6, 6.07) is 6.91. The van der Waals surface area contributed by atoms with Crippen molar-refractivity contribution in [1.82, 2.24) is 4.90 Å². The number of carbonyl (C=O) groups is 2. The van der Waals surface area contributed by atoms with E-state index in [0.717, 1.165) is 31.2 Å². The second-order valence-corrected chi connectivity index (χ2v) is 11.0. The van der Waals surface area contributed by atoms with E-state index in [1.54, 1.807) is 17.0 Å². The van der Waals surface area contributed by atoms with Crippen LogP contribution in [-0.4, -0.2) is 55.9 Å². The Bertz CT molecular complexity index is 862. The van der Waals surface area contributed by atoms with Gasteiger partial charge in [-0.15, -0.1) is 0 Å². The standard InChI is InChI=1S/C22H30ClNO5S/c1-2-3-13-24(19-10-14-30(27,28)16-19)20(25)15-29-21(26)22(11-4-5-12-22)17-6-8-18(23)9-7-17/h6-9,19H,2-5,10-16H2,1H3. The van der Waals surface area contributed by atoms with E-state index in [1.807, 2.05) is 19.1 Å². The molecular weight excluding hydrogens is 426 g/mol. The van der Waals surface area contributed by atoms with Gasteiger partial charge in [-0.25, -0.2) is 8.42 Å². The van der Waals surface area contributed by atoms with E-state index in [1.165, 1.54) is 0 Å². The molecule has 3 rings (SSSR count). The lowest BCUT2D eigenvalue weighted by atomic mass is 9.79. The fourth-order valence-electron chi connectivity index (χ4n) is 4.57. The van der Waals surface area contributed by atoms with Gasteiger partial charge < -0.3 is 9.64 Å². The van der Waals surface area contributed by atoms with Gasteiger partial charge in [0.2, 0.25) is 0 Å². The Morgan fingerprint density at radius 1 is 1.20 bits per heavy atom. The highest BCUT2D eigenvalue weighted by Gasteiger charge is 2.44. The summed E-state index contributed by atoms with van der Waals surface area (Å²) in [5.74, 6) is -0.605. The van der Waals surface area contributed by atoms with E-state index in [-0.39, 0.29) is 36.0 Å². The Hall–Kier alpha value is -1.60. The number of unbranched alkanes of at least 4 members (excludes halogenated alkanes) is 1. The summed E-state index contributed by atoms with van der Waals surface area (Å²) in [5, 5.41) is 0.605. The summed E-state index contributed by atoms with van der Waals surface area (Å²) >= 11 is 6.00. The average molecular weight is 456 g/mol. The first-order valence-electron chi connectivity index (χ1n) is 10.7. The van der Waals surface area contributed by atoms with Gasteiger partial charge >= 0.3 is 5.97 Å². The van der Waals surface area contributed by atoms with Crippen LogP contribution < -0.4 is 0 Å². The molecule has 1 aromatic rings. The van der Waals surface area contributed by atoms with Gasteiger partial charge in [0.1, 0.15) is 0 Å². The second kappa shape index (κ2) is 9.69. The number of benzene rings is 1. The lowest BCUT2D eigenvalue weighted by molar-refractivity contribution is -0.157. The maximum atomic E-state index is 13.1. The highest BCUT2D eigenvalue weighted by atomic mass is 35.5. The molecule has 2 fully saturated rings. The zero-order chi connectivity index (χ0) is 21.8. The van der Waals surface area contributed by atoms with Crippen molar-refractivity contribution in [1.29, 1.82) is 0 Å². The normalized spacial score (nSPS) is 22.0. The first-order valence-corrected chi connectivity index (χ1v) is 12.9. The van der Waals surface area contributed by atoms with E-state index < -0.39 is 15.3 Å². The lowest BCUT2D eigenvalue weighted by Crippen LogP contribution is -2.45. The number of hydrogen-bond acceptors (Lipinski definition) is 5. The largest absolute Gasteiger partial charge is 0.455 e. The molecule has 8 heteroatoms. The summed E-state index contributed by atoms with van der Waals surface area (Å²) < 4.78 is 29.3. The fourth-order valence-corrected chi connectivity index (χ4v) is 6.42. The Morgan fingerprint density at radius 3 is 2.43 bits per heavy atom. The van der Waals surface area contributed by atoms with Crippen molar-refractivity contribution in [2.75, 3.05) is 24.7 Å². The first kappa shape index (κ1) is 23.1. The number of rotatable bonds is 8. The third kappa shape index (κ3) is 5.17. The van der Waals surface area contributed by atoms with Gasteiger partial charge in [0.05, 0.1) is 16.9 Å². The molecule has 0 radical (unpaired) electrons. The molecule has 0 bridgehead atoms. The zero-order valence-corrected chi connectivity index (χ0v) is 19.0. The van der Waals surface area contributed by atoms with Gasteiger partial charge in [-0.05, 0) is 43.4 Å². The third-order valence-corrected chi connectivity index (χ3v) is 8.30. The van der Waals surface area contributed by atoms with Crippen molar-refractivity contribution in [2.45, 2.75) is 63.3 Å². The summed E-state index contributed by atoms with van der Waals surface area (Å²) in [7, 11) is -3.11. The molecule has 6 nitrogen and oxygen atoms in total. The number of halogens is 1. The van der Waals surface area contributed by atoms with Crippen LogP contribution in [0, 0.1) is 0 Å². The molecule has 1 unspecified atom stereocenters. The van der Waals surface area contributed by atoms with Crippen molar-refractivity contribution in [3.63, 3.8) is 0 Å². The monoisotopic (exact) mass is 455 g/mol. The molecule has 0 aromatic heterocycles. The smallest absolute Gasteiger partial charge is 0.317 e. The van der Waals surface area contributed by atoms with Crippen LogP contribution in [0.5, 0.6) is 0 Å². The topological polar surface area (TPSA) is 80.8 Å². The van der Waals surface area contributed by atoms with Crippen LogP contribution in [0.15, 0.2) is 24.3 Å². The zero-order valence-electron chi connectivity index (χ0n) is 17.4. The van der Waals surface area contributed by atoms with E-state index in [4.69, 9.17) is 16.3 Å². The molecular formula is C22H30ClNO5S. The SMILES string of the molecule is CCCCN(C(=O)COC(=O)C1(c2ccc(Cl)cc2)CCCC1)C1CCS(=O)(=O)C1. The molecule has 0 N–H and O–H groups in total. The maximum Gasteiger partial charge on any atom is 0.317 e. The van der Waals surface area contributed by atoms with Gasteiger partial charge in [-0.2, -0.15) is 0 Å². The molecule has 1 aromatic carbocycles. The van der Waals surface area contributed by atoms with Crippen LogP contribution in [-0.2, 0) is 29.6 Å². The van der Waals surface area contributed by atoms with Gasteiger partial charge in [0, 0.05) is 17.6 Å². The van der Waals surface area contributed by atoms with Crippen molar-refractivity contribution in [3.8, 4) is 0 Å². The van der Waals surface area contributed by atoms with Gasteiger partial charge in [0.15, 0.2) is 16.4 Å². The predicted octanol–water partition coefficient (Wildman–Crippen LogP) is 3.51. The summed E-state index contributed by atoms with van der Waals surface area (Å²) in [6.07, 6.45) is 5.33. The molecule has 1 saturated carbocycles. The van der Waals surface area contributed by atoms with Crippen molar-refractivity contribution < 1.29 is 22.7 Å². The van der Waals surface area contributed by atoms with E-state index in [0.29, 0.717) is 30.8 Å². The first-order chi connectivity index (χ1) is 14.3. The van der Waals surface area contributed by atoms with Gasteiger partial charge in [-0.1, -0.05) is 49.9 Å².